The summed E-state index contributed by atoms with van der Waals surface area (Å²) in [6.07, 6.45) is 1.34. The molecule has 27 heavy (non-hydrogen) atoms. The first-order valence-corrected chi connectivity index (χ1v) is 10.7. The maximum Gasteiger partial charge on any atom is 0.269 e. The molecule has 146 valence electrons. The third kappa shape index (κ3) is 3.13. The summed E-state index contributed by atoms with van der Waals surface area (Å²) in [6, 6.07) is 4.35. The molecule has 0 aromatic heterocycles. The predicted molar refractivity (Wildman–Crippen MR) is 97.0 cm³/mol. The first-order chi connectivity index (χ1) is 12.9. The average molecular weight is 393 g/mol. The first-order valence-electron chi connectivity index (χ1n) is 9.24. The van der Waals surface area contributed by atoms with Crippen molar-refractivity contribution in [3.8, 4) is 0 Å². The summed E-state index contributed by atoms with van der Waals surface area (Å²) >= 11 is 0. The Morgan fingerprint density at radius 3 is 2.89 bits per heavy atom. The van der Waals surface area contributed by atoms with Crippen LogP contribution in [-0.4, -0.2) is 74.4 Å². The lowest BCUT2D eigenvalue weighted by molar-refractivity contribution is 0.0654. The monoisotopic (exact) mass is 393 g/mol. The van der Waals surface area contributed by atoms with Gasteiger partial charge in [-0.15, -0.1) is 0 Å². The number of nitrogens with one attached hydrogen (secondary N) is 1. The van der Waals surface area contributed by atoms with E-state index in [0.29, 0.717) is 26.2 Å². The van der Waals surface area contributed by atoms with Gasteiger partial charge < -0.3 is 15.0 Å². The van der Waals surface area contributed by atoms with E-state index < -0.39 is 15.9 Å². The van der Waals surface area contributed by atoms with Crippen LogP contribution in [-0.2, 0) is 14.8 Å². The Morgan fingerprint density at radius 1 is 1.37 bits per heavy atom. The van der Waals surface area contributed by atoms with Crippen molar-refractivity contribution in [3.63, 3.8) is 0 Å². The van der Waals surface area contributed by atoms with Crippen molar-refractivity contribution in [2.24, 2.45) is 0 Å². The molecule has 2 amide bonds. The van der Waals surface area contributed by atoms with E-state index in [1.807, 2.05) is 6.92 Å². The number of ether oxygens (including phenoxy) is 1. The van der Waals surface area contributed by atoms with Crippen LogP contribution in [0.25, 0.3) is 0 Å². The lowest BCUT2D eigenvalue weighted by Crippen LogP contribution is -2.52. The number of carbonyl (C=O) groups excluding carboxylic acids is 2. The molecule has 1 aromatic rings. The van der Waals surface area contributed by atoms with Gasteiger partial charge in [-0.25, -0.2) is 12.7 Å². The molecule has 0 bridgehead atoms. The maximum atomic E-state index is 12.9. The van der Waals surface area contributed by atoms with Gasteiger partial charge >= 0.3 is 0 Å². The fourth-order valence-electron chi connectivity index (χ4n) is 3.87. The van der Waals surface area contributed by atoms with E-state index in [4.69, 9.17) is 4.74 Å². The quantitative estimate of drug-likeness (QED) is 0.801. The van der Waals surface area contributed by atoms with Crippen LogP contribution in [0.1, 0.15) is 40.5 Å². The summed E-state index contributed by atoms with van der Waals surface area (Å²) in [4.78, 5) is 27.1. The van der Waals surface area contributed by atoms with Crippen molar-refractivity contribution in [2.45, 2.75) is 36.8 Å². The highest BCUT2D eigenvalue weighted by Gasteiger charge is 2.43. The number of sulfonamides is 1. The molecule has 0 aliphatic carbocycles. The van der Waals surface area contributed by atoms with E-state index in [1.165, 1.54) is 12.1 Å². The molecule has 3 heterocycles. The Kier molecular flexibility index (Phi) is 4.69. The minimum absolute atomic E-state index is 0.0218. The lowest BCUT2D eigenvalue weighted by atomic mass is 10.1. The van der Waals surface area contributed by atoms with Crippen LogP contribution in [0.3, 0.4) is 0 Å². The number of benzene rings is 1. The van der Waals surface area contributed by atoms with E-state index in [-0.39, 0.29) is 40.6 Å². The van der Waals surface area contributed by atoms with Crippen LogP contribution in [0.15, 0.2) is 23.1 Å². The van der Waals surface area contributed by atoms with Crippen molar-refractivity contribution in [1.82, 2.24) is 14.5 Å². The van der Waals surface area contributed by atoms with E-state index in [9.17, 15) is 18.0 Å². The zero-order valence-corrected chi connectivity index (χ0v) is 16.0. The molecule has 1 aromatic carbocycles. The number of rotatable bonds is 3. The van der Waals surface area contributed by atoms with Crippen LogP contribution in [0.2, 0.25) is 0 Å². The number of hydrogen-bond donors (Lipinski definition) is 1. The molecular weight excluding hydrogens is 370 g/mol. The van der Waals surface area contributed by atoms with Crippen molar-refractivity contribution in [3.05, 3.63) is 29.3 Å². The zero-order chi connectivity index (χ0) is 19.2. The van der Waals surface area contributed by atoms with Gasteiger partial charge in [-0.2, -0.15) is 0 Å². The van der Waals surface area contributed by atoms with Gasteiger partial charge in [0, 0.05) is 37.8 Å². The molecule has 8 nitrogen and oxygen atoms in total. The second-order valence-corrected chi connectivity index (χ2v) is 9.07. The van der Waals surface area contributed by atoms with Gasteiger partial charge in [0.2, 0.25) is 0 Å². The van der Waals surface area contributed by atoms with E-state index >= 15 is 0 Å². The average Bonchev–Trinajstić information content (AvgIpc) is 3.23. The molecular formula is C18H23N3O5S. The van der Waals surface area contributed by atoms with Crippen molar-refractivity contribution in [2.75, 3.05) is 32.8 Å². The Balaban J connectivity index is 1.63. The minimum Gasteiger partial charge on any atom is -0.376 e. The predicted octanol–water partition coefficient (Wildman–Crippen LogP) is 0.444. The molecule has 1 N–H and O–H groups in total. The highest BCUT2D eigenvalue weighted by molar-refractivity contribution is 7.90. The van der Waals surface area contributed by atoms with Gasteiger partial charge in [0.05, 0.1) is 18.2 Å². The van der Waals surface area contributed by atoms with Crippen LogP contribution < -0.4 is 5.32 Å². The third-order valence-electron chi connectivity index (χ3n) is 5.41. The van der Waals surface area contributed by atoms with Gasteiger partial charge in [0.25, 0.3) is 21.8 Å². The van der Waals surface area contributed by atoms with E-state index in [1.54, 1.807) is 11.0 Å². The molecule has 9 heteroatoms. The van der Waals surface area contributed by atoms with E-state index in [0.717, 1.165) is 17.1 Å². The van der Waals surface area contributed by atoms with Gasteiger partial charge in [-0.3, -0.25) is 9.59 Å². The van der Waals surface area contributed by atoms with E-state index in [2.05, 4.69) is 5.32 Å². The Labute approximate surface area is 158 Å². The standard InChI is InChI=1S/C18H23N3O5S/c1-12-10-19-6-7-20(12)17(22)13-4-5-15-16(9-13)27(24,25)21(18(15)23)11-14-3-2-8-26-14/h4-5,9,12,14,19H,2-3,6-8,10-11H2,1H3. The van der Waals surface area contributed by atoms with Crippen molar-refractivity contribution < 1.29 is 22.7 Å². The van der Waals surface area contributed by atoms with Crippen molar-refractivity contribution in [1.29, 1.82) is 0 Å². The van der Waals surface area contributed by atoms with Gasteiger partial charge in [-0.05, 0) is 38.0 Å². The number of piperazine rings is 1. The molecule has 0 spiro atoms. The molecule has 3 aliphatic rings. The van der Waals surface area contributed by atoms with Gasteiger partial charge in [0.15, 0.2) is 0 Å². The lowest BCUT2D eigenvalue weighted by Gasteiger charge is -2.34. The normalized spacial score (nSPS) is 27.1. The third-order valence-corrected chi connectivity index (χ3v) is 7.20. The molecule has 2 fully saturated rings. The smallest absolute Gasteiger partial charge is 0.269 e. The first kappa shape index (κ1) is 18.4. The number of amides is 2. The highest BCUT2D eigenvalue weighted by atomic mass is 32.2. The van der Waals surface area contributed by atoms with Crippen LogP contribution >= 0.6 is 0 Å². The topological polar surface area (TPSA) is 96.0 Å². The number of carbonyl (C=O) groups is 2. The van der Waals surface area contributed by atoms with Gasteiger partial charge in [-0.1, -0.05) is 0 Å². The SMILES string of the molecule is CC1CNCCN1C(=O)c1ccc2c(c1)S(=O)(=O)N(CC1CCCO1)C2=O. The van der Waals surface area contributed by atoms with Crippen LogP contribution in [0, 0.1) is 0 Å². The van der Waals surface area contributed by atoms with Crippen LogP contribution in [0.5, 0.6) is 0 Å². The fourth-order valence-corrected chi connectivity index (χ4v) is 5.50. The summed E-state index contributed by atoms with van der Waals surface area (Å²) in [5.74, 6) is -0.762. The minimum atomic E-state index is -3.96. The molecule has 2 saturated heterocycles. The summed E-state index contributed by atoms with van der Waals surface area (Å²) in [7, 11) is -3.96. The molecule has 0 radical (unpaired) electrons. The molecule has 4 rings (SSSR count). The summed E-state index contributed by atoms with van der Waals surface area (Å²) in [5, 5.41) is 3.22. The summed E-state index contributed by atoms with van der Waals surface area (Å²) < 4.78 is 32.2. The molecule has 2 atom stereocenters. The van der Waals surface area contributed by atoms with Crippen LogP contribution in [0.4, 0.5) is 0 Å². The number of hydrogen-bond acceptors (Lipinski definition) is 6. The van der Waals surface area contributed by atoms with Gasteiger partial charge in [0.1, 0.15) is 4.90 Å². The Hall–Kier alpha value is -1.97. The maximum absolute atomic E-state index is 12.9. The molecule has 0 saturated carbocycles. The number of nitrogens with zero attached hydrogens (tertiary/aromatic N) is 2. The summed E-state index contributed by atoms with van der Waals surface area (Å²) in [6.45, 7) is 4.51. The highest BCUT2D eigenvalue weighted by Crippen LogP contribution is 2.32. The fraction of sp³-hybridized carbons (Fsp3) is 0.556. The Morgan fingerprint density at radius 2 is 2.19 bits per heavy atom. The molecule has 3 aliphatic heterocycles. The second-order valence-electron chi connectivity index (χ2n) is 7.24. The zero-order valence-electron chi connectivity index (χ0n) is 15.2. The summed E-state index contributed by atoms with van der Waals surface area (Å²) in [5.41, 5.74) is 0.413. The number of fused-ring (bicyclic) bond motifs is 1. The Bertz CT molecular complexity index is 879. The molecule has 2 unspecified atom stereocenters. The van der Waals surface area contributed by atoms with Crippen molar-refractivity contribution >= 4 is 21.8 Å². The second kappa shape index (κ2) is 6.88. The largest absolute Gasteiger partial charge is 0.376 e.